The van der Waals surface area contributed by atoms with Crippen molar-refractivity contribution < 1.29 is 4.74 Å². The average Bonchev–Trinajstić information content (AvgIpc) is 2.47. The summed E-state index contributed by atoms with van der Waals surface area (Å²) < 4.78 is 5.82. The highest BCUT2D eigenvalue weighted by Gasteiger charge is 1.99. The molecule has 0 saturated carbocycles. The summed E-state index contributed by atoms with van der Waals surface area (Å²) in [5.41, 5.74) is 3.76. The molecule has 0 bridgehead atoms. The number of hydrogen-bond acceptors (Lipinski definition) is 2. The minimum Gasteiger partial charge on any atom is -0.489 e. The van der Waals surface area contributed by atoms with Crippen LogP contribution in [-0.2, 0) is 13.2 Å². The van der Waals surface area contributed by atoms with E-state index in [4.69, 9.17) is 4.74 Å². The van der Waals surface area contributed by atoms with E-state index in [0.717, 1.165) is 18.8 Å². The van der Waals surface area contributed by atoms with Crippen LogP contribution in [0.2, 0.25) is 0 Å². The number of benzene rings is 2. The Labute approximate surface area is 128 Å². The number of aryl methyl sites for hydroxylation is 1. The quantitative estimate of drug-likeness (QED) is 0.817. The molecule has 0 unspecified atom stereocenters. The van der Waals surface area contributed by atoms with Gasteiger partial charge in [-0.15, -0.1) is 0 Å². The molecule has 0 fully saturated rings. The van der Waals surface area contributed by atoms with Gasteiger partial charge in [-0.25, -0.2) is 0 Å². The molecule has 2 nitrogen and oxygen atoms in total. The zero-order valence-corrected chi connectivity index (χ0v) is 13.2. The first-order valence-corrected chi connectivity index (χ1v) is 7.61. The van der Waals surface area contributed by atoms with E-state index in [1.165, 1.54) is 16.7 Å². The lowest BCUT2D eigenvalue weighted by Gasteiger charge is -2.10. The van der Waals surface area contributed by atoms with Gasteiger partial charge in [0.05, 0.1) is 0 Å². The summed E-state index contributed by atoms with van der Waals surface area (Å²) in [6.07, 6.45) is 0. The SMILES string of the molecule is Cc1ccc(OCc2cccc(CNCC(C)C)c2)cc1. The molecule has 0 atom stereocenters. The van der Waals surface area contributed by atoms with Gasteiger partial charge in [-0.05, 0) is 42.6 Å². The van der Waals surface area contributed by atoms with Crippen molar-refractivity contribution in [2.24, 2.45) is 5.92 Å². The molecule has 2 heteroatoms. The fourth-order valence-electron chi connectivity index (χ4n) is 2.14. The molecular weight excluding hydrogens is 258 g/mol. The van der Waals surface area contributed by atoms with Crippen LogP contribution < -0.4 is 10.1 Å². The van der Waals surface area contributed by atoms with Gasteiger partial charge in [-0.1, -0.05) is 55.8 Å². The fraction of sp³-hybridized carbons (Fsp3) is 0.368. The summed E-state index contributed by atoms with van der Waals surface area (Å²) >= 11 is 0. The zero-order chi connectivity index (χ0) is 15.1. The Balaban J connectivity index is 1.87. The maximum Gasteiger partial charge on any atom is 0.119 e. The average molecular weight is 283 g/mol. The smallest absolute Gasteiger partial charge is 0.119 e. The summed E-state index contributed by atoms with van der Waals surface area (Å²) in [4.78, 5) is 0. The zero-order valence-electron chi connectivity index (χ0n) is 13.2. The van der Waals surface area contributed by atoms with Crippen LogP contribution in [0.15, 0.2) is 48.5 Å². The summed E-state index contributed by atoms with van der Waals surface area (Å²) in [5.74, 6) is 1.60. The summed E-state index contributed by atoms with van der Waals surface area (Å²) in [6.45, 7) is 9.09. The summed E-state index contributed by atoms with van der Waals surface area (Å²) in [5, 5.41) is 3.47. The third kappa shape index (κ3) is 5.60. The van der Waals surface area contributed by atoms with Gasteiger partial charge in [0.1, 0.15) is 12.4 Å². The molecule has 1 N–H and O–H groups in total. The topological polar surface area (TPSA) is 21.3 Å². The highest BCUT2D eigenvalue weighted by Crippen LogP contribution is 2.14. The van der Waals surface area contributed by atoms with Crippen LogP contribution in [0.4, 0.5) is 0 Å². The third-order valence-corrected chi connectivity index (χ3v) is 3.30. The van der Waals surface area contributed by atoms with E-state index >= 15 is 0 Å². The van der Waals surface area contributed by atoms with Crippen molar-refractivity contribution in [1.82, 2.24) is 5.32 Å². The minimum atomic E-state index is 0.612. The van der Waals surface area contributed by atoms with E-state index in [0.29, 0.717) is 12.5 Å². The first-order valence-electron chi connectivity index (χ1n) is 7.61. The second-order valence-electron chi connectivity index (χ2n) is 5.95. The van der Waals surface area contributed by atoms with Crippen molar-refractivity contribution in [2.75, 3.05) is 6.54 Å². The molecule has 2 aromatic rings. The van der Waals surface area contributed by atoms with Gasteiger partial charge in [0, 0.05) is 6.54 Å². The van der Waals surface area contributed by atoms with Crippen LogP contribution in [0.5, 0.6) is 5.75 Å². The largest absolute Gasteiger partial charge is 0.489 e. The summed E-state index contributed by atoms with van der Waals surface area (Å²) in [6, 6.07) is 16.8. The van der Waals surface area contributed by atoms with Gasteiger partial charge in [0.2, 0.25) is 0 Å². The number of ether oxygens (including phenoxy) is 1. The van der Waals surface area contributed by atoms with E-state index in [1.807, 2.05) is 12.1 Å². The lowest BCUT2D eigenvalue weighted by molar-refractivity contribution is 0.306. The molecule has 0 aliphatic rings. The Hall–Kier alpha value is -1.80. The molecular formula is C19H25NO. The molecule has 0 aliphatic carbocycles. The molecule has 2 aromatic carbocycles. The predicted octanol–water partition coefficient (Wildman–Crippen LogP) is 4.32. The van der Waals surface area contributed by atoms with Gasteiger partial charge in [0.15, 0.2) is 0 Å². The molecule has 0 spiro atoms. The minimum absolute atomic E-state index is 0.612. The molecule has 0 saturated heterocycles. The predicted molar refractivity (Wildman–Crippen MR) is 88.5 cm³/mol. The monoisotopic (exact) mass is 283 g/mol. The first-order chi connectivity index (χ1) is 10.1. The van der Waals surface area contributed by atoms with Crippen molar-refractivity contribution >= 4 is 0 Å². The van der Waals surface area contributed by atoms with Crippen molar-refractivity contribution in [3.8, 4) is 5.75 Å². The van der Waals surface area contributed by atoms with E-state index in [-0.39, 0.29) is 0 Å². The Morgan fingerprint density at radius 3 is 2.43 bits per heavy atom. The molecule has 21 heavy (non-hydrogen) atoms. The standard InChI is InChI=1S/C19H25NO/c1-15(2)12-20-13-17-5-4-6-18(11-17)14-21-19-9-7-16(3)8-10-19/h4-11,15,20H,12-14H2,1-3H3. The normalized spacial score (nSPS) is 10.9. The van der Waals surface area contributed by atoms with Crippen LogP contribution in [0.25, 0.3) is 0 Å². The van der Waals surface area contributed by atoms with Crippen molar-refractivity contribution in [1.29, 1.82) is 0 Å². The highest BCUT2D eigenvalue weighted by atomic mass is 16.5. The lowest BCUT2D eigenvalue weighted by Crippen LogP contribution is -2.19. The highest BCUT2D eigenvalue weighted by molar-refractivity contribution is 5.27. The van der Waals surface area contributed by atoms with Crippen LogP contribution in [-0.4, -0.2) is 6.54 Å². The van der Waals surface area contributed by atoms with E-state index < -0.39 is 0 Å². The van der Waals surface area contributed by atoms with Crippen LogP contribution in [0, 0.1) is 12.8 Å². The van der Waals surface area contributed by atoms with Crippen molar-refractivity contribution in [2.45, 2.75) is 33.9 Å². The maximum absolute atomic E-state index is 5.82. The van der Waals surface area contributed by atoms with Gasteiger partial charge in [-0.2, -0.15) is 0 Å². The Bertz CT molecular complexity index is 546. The molecule has 0 radical (unpaired) electrons. The van der Waals surface area contributed by atoms with Gasteiger partial charge >= 0.3 is 0 Å². The third-order valence-electron chi connectivity index (χ3n) is 3.30. The number of hydrogen-bond donors (Lipinski definition) is 1. The number of rotatable bonds is 7. The van der Waals surface area contributed by atoms with Gasteiger partial charge < -0.3 is 10.1 Å². The Kier molecular flexibility index (Phi) is 5.82. The Morgan fingerprint density at radius 1 is 1.00 bits per heavy atom. The van der Waals surface area contributed by atoms with E-state index in [9.17, 15) is 0 Å². The van der Waals surface area contributed by atoms with Crippen molar-refractivity contribution in [3.05, 3.63) is 65.2 Å². The summed E-state index contributed by atoms with van der Waals surface area (Å²) in [7, 11) is 0. The van der Waals surface area contributed by atoms with Crippen LogP contribution >= 0.6 is 0 Å². The van der Waals surface area contributed by atoms with Crippen molar-refractivity contribution in [3.63, 3.8) is 0 Å². The number of nitrogens with one attached hydrogen (secondary N) is 1. The first kappa shape index (κ1) is 15.6. The molecule has 112 valence electrons. The molecule has 2 rings (SSSR count). The second-order valence-corrected chi connectivity index (χ2v) is 5.95. The maximum atomic E-state index is 5.82. The van der Waals surface area contributed by atoms with Gasteiger partial charge in [-0.3, -0.25) is 0 Å². The Morgan fingerprint density at radius 2 is 1.71 bits per heavy atom. The van der Waals surface area contributed by atoms with E-state index in [1.54, 1.807) is 0 Å². The van der Waals surface area contributed by atoms with Gasteiger partial charge in [0.25, 0.3) is 0 Å². The second kappa shape index (κ2) is 7.84. The molecule has 0 aromatic heterocycles. The van der Waals surface area contributed by atoms with Crippen LogP contribution in [0.1, 0.15) is 30.5 Å². The lowest BCUT2D eigenvalue weighted by atomic mass is 10.1. The van der Waals surface area contributed by atoms with E-state index in [2.05, 4.69) is 62.5 Å². The van der Waals surface area contributed by atoms with Crippen LogP contribution in [0.3, 0.4) is 0 Å². The molecule has 0 heterocycles. The fourth-order valence-corrected chi connectivity index (χ4v) is 2.14. The molecule has 0 aliphatic heterocycles. The molecule has 0 amide bonds.